The molecule has 0 aliphatic rings. The Balaban J connectivity index is 3.21. The molecule has 7 nitrogen and oxygen atoms in total. The van der Waals surface area contributed by atoms with Crippen LogP contribution in [0, 0.1) is 0 Å². The summed E-state index contributed by atoms with van der Waals surface area (Å²) in [6.07, 6.45) is 1.76. The van der Waals surface area contributed by atoms with E-state index >= 15 is 0 Å². The SMILES string of the molecule is CNC(=O)CCOCCOCCNC(=O)CCCN(C)C. The van der Waals surface area contributed by atoms with Gasteiger partial charge in [-0.05, 0) is 27.1 Å². The van der Waals surface area contributed by atoms with Gasteiger partial charge < -0.3 is 25.0 Å². The van der Waals surface area contributed by atoms with Gasteiger partial charge in [0, 0.05) is 26.4 Å². The van der Waals surface area contributed by atoms with Gasteiger partial charge in [0.05, 0.1) is 26.4 Å². The van der Waals surface area contributed by atoms with Crippen molar-refractivity contribution in [3.63, 3.8) is 0 Å². The summed E-state index contributed by atoms with van der Waals surface area (Å²) in [6.45, 7) is 3.21. The maximum Gasteiger partial charge on any atom is 0.222 e. The van der Waals surface area contributed by atoms with Gasteiger partial charge in [0.2, 0.25) is 11.8 Å². The number of carbonyl (C=O) groups excluding carboxylic acids is 2. The van der Waals surface area contributed by atoms with E-state index in [9.17, 15) is 9.59 Å². The molecule has 2 amide bonds. The molecule has 0 aromatic heterocycles. The summed E-state index contributed by atoms with van der Waals surface area (Å²) in [5, 5.41) is 5.33. The molecular weight excluding hydrogens is 274 g/mol. The quantitative estimate of drug-likeness (QED) is 0.453. The van der Waals surface area contributed by atoms with Crippen molar-refractivity contribution < 1.29 is 19.1 Å². The highest BCUT2D eigenvalue weighted by Crippen LogP contribution is 1.90. The van der Waals surface area contributed by atoms with Crippen LogP contribution in [0.2, 0.25) is 0 Å². The summed E-state index contributed by atoms with van der Waals surface area (Å²) in [6, 6.07) is 0. The molecule has 0 heterocycles. The smallest absolute Gasteiger partial charge is 0.222 e. The van der Waals surface area contributed by atoms with Gasteiger partial charge >= 0.3 is 0 Å². The van der Waals surface area contributed by atoms with Crippen LogP contribution in [0.25, 0.3) is 0 Å². The summed E-state index contributed by atoms with van der Waals surface area (Å²) in [4.78, 5) is 24.4. The molecule has 0 fully saturated rings. The van der Waals surface area contributed by atoms with Gasteiger partial charge in [-0.1, -0.05) is 0 Å². The van der Waals surface area contributed by atoms with Crippen molar-refractivity contribution in [1.29, 1.82) is 0 Å². The summed E-state index contributed by atoms with van der Waals surface area (Å²) in [5.41, 5.74) is 0. The third-order valence-electron chi connectivity index (χ3n) is 2.70. The van der Waals surface area contributed by atoms with E-state index in [4.69, 9.17) is 9.47 Å². The van der Waals surface area contributed by atoms with Crippen molar-refractivity contribution in [3.8, 4) is 0 Å². The Bertz CT molecular complexity index is 285. The van der Waals surface area contributed by atoms with Crippen molar-refractivity contribution in [1.82, 2.24) is 15.5 Å². The van der Waals surface area contributed by atoms with Crippen LogP contribution in [0.15, 0.2) is 0 Å². The predicted octanol–water partition coefficient (Wildman–Crippen LogP) is -0.386. The summed E-state index contributed by atoms with van der Waals surface area (Å²) in [7, 11) is 5.57. The van der Waals surface area contributed by atoms with E-state index in [0.29, 0.717) is 45.8 Å². The molecule has 0 aliphatic carbocycles. The second kappa shape index (κ2) is 13.8. The maximum absolute atomic E-state index is 11.4. The minimum Gasteiger partial charge on any atom is -0.379 e. The highest BCUT2D eigenvalue weighted by atomic mass is 16.5. The average Bonchev–Trinajstić information content (AvgIpc) is 2.44. The lowest BCUT2D eigenvalue weighted by molar-refractivity contribution is -0.122. The lowest BCUT2D eigenvalue weighted by Crippen LogP contribution is -2.28. The number of hydrogen-bond donors (Lipinski definition) is 2. The molecule has 0 saturated heterocycles. The molecular formula is C14H29N3O4. The van der Waals surface area contributed by atoms with Crippen LogP contribution < -0.4 is 10.6 Å². The molecule has 0 aromatic rings. The fourth-order valence-corrected chi connectivity index (χ4v) is 1.52. The number of nitrogens with zero attached hydrogens (tertiary/aromatic N) is 1. The number of nitrogens with one attached hydrogen (secondary N) is 2. The second-order valence-electron chi connectivity index (χ2n) is 4.90. The predicted molar refractivity (Wildman–Crippen MR) is 81.1 cm³/mol. The third-order valence-corrected chi connectivity index (χ3v) is 2.70. The molecule has 124 valence electrons. The fraction of sp³-hybridized carbons (Fsp3) is 0.857. The second-order valence-corrected chi connectivity index (χ2v) is 4.90. The Hall–Kier alpha value is -1.18. The van der Waals surface area contributed by atoms with E-state index in [0.717, 1.165) is 13.0 Å². The van der Waals surface area contributed by atoms with E-state index < -0.39 is 0 Å². The Morgan fingerprint density at radius 3 is 2.24 bits per heavy atom. The minimum atomic E-state index is -0.0344. The van der Waals surface area contributed by atoms with Crippen molar-refractivity contribution in [3.05, 3.63) is 0 Å². The van der Waals surface area contributed by atoms with E-state index in [1.807, 2.05) is 14.1 Å². The first-order valence-electron chi connectivity index (χ1n) is 7.33. The number of hydrogen-bond acceptors (Lipinski definition) is 5. The lowest BCUT2D eigenvalue weighted by atomic mass is 10.3. The highest BCUT2D eigenvalue weighted by molar-refractivity contribution is 5.76. The van der Waals surface area contributed by atoms with Gasteiger partial charge in [-0.2, -0.15) is 0 Å². The molecule has 0 bridgehead atoms. The molecule has 2 N–H and O–H groups in total. The zero-order valence-electron chi connectivity index (χ0n) is 13.4. The molecule has 0 unspecified atom stereocenters. The van der Waals surface area contributed by atoms with Gasteiger partial charge in [-0.15, -0.1) is 0 Å². The van der Waals surface area contributed by atoms with Gasteiger partial charge in [0.1, 0.15) is 0 Å². The number of rotatable bonds is 13. The van der Waals surface area contributed by atoms with E-state index in [1.54, 1.807) is 7.05 Å². The van der Waals surface area contributed by atoms with Crippen LogP contribution >= 0.6 is 0 Å². The monoisotopic (exact) mass is 303 g/mol. The number of amides is 2. The fourth-order valence-electron chi connectivity index (χ4n) is 1.52. The van der Waals surface area contributed by atoms with Crippen molar-refractivity contribution in [2.75, 3.05) is 60.7 Å². The van der Waals surface area contributed by atoms with Crippen LogP contribution in [-0.2, 0) is 19.1 Å². The molecule has 0 aliphatic heterocycles. The summed E-state index contributed by atoms with van der Waals surface area (Å²) >= 11 is 0. The van der Waals surface area contributed by atoms with Crippen LogP contribution in [0.1, 0.15) is 19.3 Å². The third kappa shape index (κ3) is 15.0. The Kier molecular flexibility index (Phi) is 13.0. The standard InChI is InChI=1S/C14H29N3O4/c1-15-13(18)6-9-20-11-12-21-10-7-16-14(19)5-4-8-17(2)3/h4-12H2,1-3H3,(H,15,18)(H,16,19). The number of carbonyl (C=O) groups is 2. The maximum atomic E-state index is 11.4. The zero-order valence-corrected chi connectivity index (χ0v) is 13.4. The average molecular weight is 303 g/mol. The molecule has 21 heavy (non-hydrogen) atoms. The van der Waals surface area contributed by atoms with Gasteiger partial charge in [-0.3, -0.25) is 9.59 Å². The molecule has 0 aromatic carbocycles. The topological polar surface area (TPSA) is 79.9 Å². The van der Waals surface area contributed by atoms with Crippen LogP contribution in [-0.4, -0.2) is 77.4 Å². The van der Waals surface area contributed by atoms with Crippen LogP contribution in [0.5, 0.6) is 0 Å². The highest BCUT2D eigenvalue weighted by Gasteiger charge is 2.01. The summed E-state index contributed by atoms with van der Waals surface area (Å²) < 4.78 is 10.5. The van der Waals surface area contributed by atoms with E-state index in [1.165, 1.54) is 0 Å². The normalized spacial score (nSPS) is 10.7. The molecule has 0 atom stereocenters. The Morgan fingerprint density at radius 2 is 1.62 bits per heavy atom. The van der Waals surface area contributed by atoms with Crippen molar-refractivity contribution in [2.24, 2.45) is 0 Å². The minimum absolute atomic E-state index is 0.0344. The molecule has 0 radical (unpaired) electrons. The van der Waals surface area contributed by atoms with Gasteiger partial charge in [0.25, 0.3) is 0 Å². The molecule has 0 spiro atoms. The van der Waals surface area contributed by atoms with Crippen molar-refractivity contribution in [2.45, 2.75) is 19.3 Å². The van der Waals surface area contributed by atoms with Gasteiger partial charge in [0.15, 0.2) is 0 Å². The van der Waals surface area contributed by atoms with Gasteiger partial charge in [-0.25, -0.2) is 0 Å². The lowest BCUT2D eigenvalue weighted by Gasteiger charge is -2.09. The zero-order chi connectivity index (χ0) is 15.9. The first kappa shape index (κ1) is 19.8. The number of ether oxygens (including phenoxy) is 2. The first-order chi connectivity index (χ1) is 10.1. The van der Waals surface area contributed by atoms with E-state index in [2.05, 4.69) is 15.5 Å². The first-order valence-corrected chi connectivity index (χ1v) is 7.33. The Morgan fingerprint density at radius 1 is 0.952 bits per heavy atom. The van der Waals surface area contributed by atoms with Crippen LogP contribution in [0.4, 0.5) is 0 Å². The van der Waals surface area contributed by atoms with Crippen molar-refractivity contribution >= 4 is 11.8 Å². The molecule has 0 saturated carbocycles. The molecule has 0 rings (SSSR count). The van der Waals surface area contributed by atoms with Crippen LogP contribution in [0.3, 0.4) is 0 Å². The Labute approximate surface area is 127 Å². The molecule has 7 heteroatoms. The largest absolute Gasteiger partial charge is 0.379 e. The van der Waals surface area contributed by atoms with E-state index in [-0.39, 0.29) is 11.8 Å². The summed E-state index contributed by atoms with van der Waals surface area (Å²) in [5.74, 6) is 0.0233.